The summed E-state index contributed by atoms with van der Waals surface area (Å²) in [5.74, 6) is 0.0692. The number of nitrogens with one attached hydrogen (secondary N) is 1. The summed E-state index contributed by atoms with van der Waals surface area (Å²) in [6.45, 7) is 5.10. The van der Waals surface area contributed by atoms with Crippen molar-refractivity contribution in [1.29, 1.82) is 0 Å². The lowest BCUT2D eigenvalue weighted by atomic mass is 10.1. The van der Waals surface area contributed by atoms with Crippen molar-refractivity contribution in [3.05, 3.63) is 59.7 Å². The quantitative estimate of drug-likeness (QED) is 0.887. The van der Waals surface area contributed by atoms with Gasteiger partial charge >= 0.3 is 0 Å². The van der Waals surface area contributed by atoms with Crippen LogP contribution in [0, 0.1) is 6.92 Å². The number of nitrogens with zero attached hydrogens (tertiary/aromatic N) is 2. The smallest absolute Gasteiger partial charge is 0.254 e. The maximum Gasteiger partial charge on any atom is 0.254 e. The maximum absolute atomic E-state index is 12.8. The Hall–Kier alpha value is -2.86. The molecule has 0 unspecified atom stereocenters. The number of amides is 2. The lowest BCUT2D eigenvalue weighted by Gasteiger charge is -2.27. The van der Waals surface area contributed by atoms with Crippen molar-refractivity contribution in [1.82, 2.24) is 4.90 Å². The zero-order chi connectivity index (χ0) is 19.5. The molecule has 6 nitrogen and oxygen atoms in total. The molecule has 1 atom stereocenters. The van der Waals surface area contributed by atoms with E-state index in [9.17, 15) is 9.59 Å². The summed E-state index contributed by atoms with van der Waals surface area (Å²) in [4.78, 5) is 29.1. The summed E-state index contributed by atoms with van der Waals surface area (Å²) in [5, 5.41) is 3.31. The molecule has 2 aromatic carbocycles. The van der Waals surface area contributed by atoms with Gasteiger partial charge < -0.3 is 19.9 Å². The lowest BCUT2D eigenvalue weighted by Crippen LogP contribution is -2.40. The molecule has 146 valence electrons. The van der Waals surface area contributed by atoms with Gasteiger partial charge in [-0.25, -0.2) is 0 Å². The third-order valence-corrected chi connectivity index (χ3v) is 5.30. The first-order valence-electron chi connectivity index (χ1n) is 9.73. The van der Waals surface area contributed by atoms with Gasteiger partial charge in [-0.05, 0) is 43.7 Å². The molecule has 2 saturated heterocycles. The number of aryl methyl sites for hydroxylation is 1. The lowest BCUT2D eigenvalue weighted by molar-refractivity contribution is -0.117. The molecule has 4 rings (SSSR count). The van der Waals surface area contributed by atoms with E-state index in [1.807, 2.05) is 65.3 Å². The molecule has 0 bridgehead atoms. The van der Waals surface area contributed by atoms with E-state index in [0.717, 1.165) is 17.8 Å². The Morgan fingerprint density at radius 1 is 1.07 bits per heavy atom. The third kappa shape index (κ3) is 3.87. The van der Waals surface area contributed by atoms with Gasteiger partial charge in [-0.15, -0.1) is 0 Å². The molecule has 6 heteroatoms. The number of hydrogen-bond donors (Lipinski definition) is 1. The van der Waals surface area contributed by atoms with Gasteiger partial charge in [-0.3, -0.25) is 9.59 Å². The first-order valence-corrected chi connectivity index (χ1v) is 9.73. The molecular formula is C22H25N3O3. The Morgan fingerprint density at radius 3 is 2.57 bits per heavy atom. The van der Waals surface area contributed by atoms with Crippen molar-refractivity contribution >= 4 is 23.2 Å². The highest BCUT2D eigenvalue weighted by molar-refractivity contribution is 6.01. The van der Waals surface area contributed by atoms with E-state index in [2.05, 4.69) is 5.32 Å². The second kappa shape index (κ2) is 8.02. The molecule has 2 aliphatic heterocycles. The molecule has 1 N–H and O–H groups in total. The topological polar surface area (TPSA) is 61.9 Å². The van der Waals surface area contributed by atoms with Crippen molar-refractivity contribution in [2.24, 2.45) is 0 Å². The van der Waals surface area contributed by atoms with E-state index >= 15 is 0 Å². The molecule has 2 amide bonds. The highest BCUT2D eigenvalue weighted by atomic mass is 16.5. The fourth-order valence-corrected chi connectivity index (χ4v) is 3.69. The maximum atomic E-state index is 12.8. The first-order chi connectivity index (χ1) is 13.6. The summed E-state index contributed by atoms with van der Waals surface area (Å²) < 4.78 is 5.31. The van der Waals surface area contributed by atoms with E-state index in [0.29, 0.717) is 38.4 Å². The number of anilines is 2. The van der Waals surface area contributed by atoms with Crippen LogP contribution in [0.5, 0.6) is 0 Å². The highest BCUT2D eigenvalue weighted by Gasteiger charge is 2.32. The van der Waals surface area contributed by atoms with Crippen LogP contribution in [0.2, 0.25) is 0 Å². The number of morpholine rings is 1. The molecule has 0 radical (unpaired) electrons. The van der Waals surface area contributed by atoms with Crippen LogP contribution in [0.25, 0.3) is 0 Å². The third-order valence-electron chi connectivity index (χ3n) is 5.30. The number of benzene rings is 2. The molecule has 2 aromatic rings. The Labute approximate surface area is 165 Å². The van der Waals surface area contributed by atoms with Gasteiger partial charge in [0, 0.05) is 36.6 Å². The number of carbonyl (C=O) groups excluding carboxylic acids is 2. The summed E-state index contributed by atoms with van der Waals surface area (Å²) in [6.07, 6.45) is 0.731. The monoisotopic (exact) mass is 379 g/mol. The number of carbonyl (C=O) groups is 2. The van der Waals surface area contributed by atoms with E-state index in [1.54, 1.807) is 0 Å². The van der Waals surface area contributed by atoms with Gasteiger partial charge in [-0.1, -0.05) is 23.8 Å². The molecule has 2 heterocycles. The van der Waals surface area contributed by atoms with Crippen LogP contribution in [-0.2, 0) is 9.53 Å². The van der Waals surface area contributed by atoms with Crippen LogP contribution >= 0.6 is 0 Å². The first kappa shape index (κ1) is 18.5. The number of rotatable bonds is 4. The van der Waals surface area contributed by atoms with Crippen LogP contribution in [0.1, 0.15) is 22.3 Å². The normalized spacial score (nSPS) is 19.8. The molecule has 28 heavy (non-hydrogen) atoms. The second-order valence-corrected chi connectivity index (χ2v) is 7.30. The molecule has 0 aromatic heterocycles. The van der Waals surface area contributed by atoms with Gasteiger partial charge in [0.1, 0.15) is 6.04 Å². The number of ether oxygens (including phenoxy) is 1. The summed E-state index contributed by atoms with van der Waals surface area (Å²) in [7, 11) is 0. The standard InChI is InChI=1S/C22H25N3O3/c1-16-5-7-19(8-6-16)25-10-9-20(22(25)27)23-18-4-2-3-17(15-18)21(26)24-11-13-28-14-12-24/h2-8,15,20,23H,9-14H2,1H3/t20-/m0/s1. The minimum Gasteiger partial charge on any atom is -0.378 e. The average Bonchev–Trinajstić information content (AvgIpc) is 3.09. The molecule has 0 saturated carbocycles. The van der Waals surface area contributed by atoms with Crippen LogP contribution < -0.4 is 10.2 Å². The van der Waals surface area contributed by atoms with Crippen LogP contribution in [-0.4, -0.2) is 55.6 Å². The summed E-state index contributed by atoms with van der Waals surface area (Å²) in [5.41, 5.74) is 3.53. The highest BCUT2D eigenvalue weighted by Crippen LogP contribution is 2.24. The van der Waals surface area contributed by atoms with E-state index in [1.165, 1.54) is 5.56 Å². The molecular weight excluding hydrogens is 354 g/mol. The fraction of sp³-hybridized carbons (Fsp3) is 0.364. The van der Waals surface area contributed by atoms with Gasteiger partial charge in [0.05, 0.1) is 13.2 Å². The molecule has 2 fully saturated rings. The zero-order valence-corrected chi connectivity index (χ0v) is 16.1. The van der Waals surface area contributed by atoms with Crippen LogP contribution in [0.15, 0.2) is 48.5 Å². The molecule has 0 aliphatic carbocycles. The molecule has 2 aliphatic rings. The number of hydrogen-bond acceptors (Lipinski definition) is 4. The van der Waals surface area contributed by atoms with Crippen LogP contribution in [0.3, 0.4) is 0 Å². The van der Waals surface area contributed by atoms with Crippen molar-refractivity contribution in [2.75, 3.05) is 43.1 Å². The minimum absolute atomic E-state index is 0.00554. The van der Waals surface area contributed by atoms with E-state index in [4.69, 9.17) is 4.74 Å². The van der Waals surface area contributed by atoms with E-state index in [-0.39, 0.29) is 17.9 Å². The molecule has 0 spiro atoms. The fourth-order valence-electron chi connectivity index (χ4n) is 3.69. The average molecular weight is 379 g/mol. The van der Waals surface area contributed by atoms with Crippen molar-refractivity contribution < 1.29 is 14.3 Å². The summed E-state index contributed by atoms with van der Waals surface area (Å²) >= 11 is 0. The van der Waals surface area contributed by atoms with Gasteiger partial charge in [0.2, 0.25) is 5.91 Å². The predicted octanol–water partition coefficient (Wildman–Crippen LogP) is 2.68. The second-order valence-electron chi connectivity index (χ2n) is 7.30. The SMILES string of the molecule is Cc1ccc(N2CC[C@H](Nc3cccc(C(=O)N4CCOCC4)c3)C2=O)cc1. The minimum atomic E-state index is -0.282. The Kier molecular flexibility index (Phi) is 5.30. The predicted molar refractivity (Wildman–Crippen MR) is 109 cm³/mol. The Bertz CT molecular complexity index is 860. The van der Waals surface area contributed by atoms with Crippen molar-refractivity contribution in [2.45, 2.75) is 19.4 Å². The Balaban J connectivity index is 1.44. The van der Waals surface area contributed by atoms with Crippen molar-refractivity contribution in [3.63, 3.8) is 0 Å². The van der Waals surface area contributed by atoms with Gasteiger partial charge in [-0.2, -0.15) is 0 Å². The van der Waals surface area contributed by atoms with Crippen molar-refractivity contribution in [3.8, 4) is 0 Å². The Morgan fingerprint density at radius 2 is 1.82 bits per heavy atom. The summed E-state index contributed by atoms with van der Waals surface area (Å²) in [6, 6.07) is 15.1. The van der Waals surface area contributed by atoms with Gasteiger partial charge in [0.15, 0.2) is 0 Å². The van der Waals surface area contributed by atoms with Gasteiger partial charge in [0.25, 0.3) is 5.91 Å². The van der Waals surface area contributed by atoms with E-state index < -0.39 is 0 Å². The van der Waals surface area contributed by atoms with Crippen LogP contribution in [0.4, 0.5) is 11.4 Å². The largest absolute Gasteiger partial charge is 0.378 e. The zero-order valence-electron chi connectivity index (χ0n) is 16.1.